The summed E-state index contributed by atoms with van der Waals surface area (Å²) in [6.07, 6.45) is 1.02. The summed E-state index contributed by atoms with van der Waals surface area (Å²) in [7, 11) is -2.45. The molecule has 0 aromatic carbocycles. The second kappa shape index (κ2) is 4.67. The van der Waals surface area contributed by atoms with Gasteiger partial charge in [-0.25, -0.2) is 8.42 Å². The normalized spacial score (nSPS) is 25.4. The van der Waals surface area contributed by atoms with E-state index < -0.39 is 28.1 Å². The molecule has 8 nitrogen and oxygen atoms in total. The van der Waals surface area contributed by atoms with Crippen LogP contribution < -0.4 is 0 Å². The zero-order valence-corrected chi connectivity index (χ0v) is 10.4. The van der Waals surface area contributed by atoms with Crippen LogP contribution >= 0.6 is 0 Å². The van der Waals surface area contributed by atoms with Gasteiger partial charge in [0.2, 0.25) is 0 Å². The van der Waals surface area contributed by atoms with Crippen LogP contribution in [0.4, 0.5) is 0 Å². The Bertz CT molecular complexity index is 526. The van der Waals surface area contributed by atoms with E-state index in [1.807, 2.05) is 0 Å². The van der Waals surface area contributed by atoms with E-state index in [1.165, 1.54) is 19.4 Å². The van der Waals surface area contributed by atoms with Gasteiger partial charge in [0.1, 0.15) is 6.04 Å². The van der Waals surface area contributed by atoms with Crippen LogP contribution in [0.15, 0.2) is 17.3 Å². The molecule has 2 N–H and O–H groups in total. The summed E-state index contributed by atoms with van der Waals surface area (Å²) in [6, 6.07) is 0.178. The third-order valence-corrected chi connectivity index (χ3v) is 4.70. The fourth-order valence-electron chi connectivity index (χ4n) is 1.94. The monoisotopic (exact) mass is 275 g/mol. The highest BCUT2D eigenvalue weighted by atomic mass is 32.2. The van der Waals surface area contributed by atoms with Crippen LogP contribution in [0.25, 0.3) is 0 Å². The van der Waals surface area contributed by atoms with Crippen molar-refractivity contribution in [2.75, 3.05) is 13.7 Å². The highest BCUT2D eigenvalue weighted by Gasteiger charge is 2.44. The number of sulfonamides is 1. The second-order valence-electron chi connectivity index (χ2n) is 3.94. The summed E-state index contributed by atoms with van der Waals surface area (Å²) >= 11 is 0. The number of aromatic nitrogens is 2. The lowest BCUT2D eigenvalue weighted by Crippen LogP contribution is -2.40. The predicted molar refractivity (Wildman–Crippen MR) is 59.3 cm³/mol. The Kier molecular flexibility index (Phi) is 3.37. The molecule has 0 saturated carbocycles. The summed E-state index contributed by atoms with van der Waals surface area (Å²) in [4.78, 5) is 11.1. The molecule has 18 heavy (non-hydrogen) atoms. The van der Waals surface area contributed by atoms with Crippen molar-refractivity contribution in [2.24, 2.45) is 0 Å². The first kappa shape index (κ1) is 13.0. The van der Waals surface area contributed by atoms with Gasteiger partial charge in [-0.2, -0.15) is 9.40 Å². The van der Waals surface area contributed by atoms with Crippen molar-refractivity contribution in [2.45, 2.75) is 23.6 Å². The number of H-pyrrole nitrogens is 1. The van der Waals surface area contributed by atoms with Crippen LogP contribution in [-0.4, -0.2) is 59.8 Å². The average Bonchev–Trinajstić information content (AvgIpc) is 2.98. The first-order valence-corrected chi connectivity index (χ1v) is 6.67. The molecule has 1 aromatic rings. The fourth-order valence-corrected chi connectivity index (χ4v) is 3.47. The third kappa shape index (κ3) is 2.11. The maximum absolute atomic E-state index is 12.2. The Morgan fingerprint density at radius 1 is 1.67 bits per heavy atom. The van der Waals surface area contributed by atoms with E-state index in [2.05, 4.69) is 10.2 Å². The molecule has 0 spiro atoms. The fraction of sp³-hybridized carbons (Fsp3) is 0.556. The van der Waals surface area contributed by atoms with Crippen molar-refractivity contribution in [3.63, 3.8) is 0 Å². The minimum Gasteiger partial charge on any atom is -0.480 e. The molecular formula is C9H13N3O5S. The van der Waals surface area contributed by atoms with Gasteiger partial charge in [-0.05, 0) is 6.07 Å². The standard InChI is InChI=1S/C9H13N3O5S/c1-17-6-4-7(9(13)14)12(5-6)18(15,16)8-2-3-10-11-8/h2-3,6-7H,4-5H2,1H3,(H,10,11)(H,13,14). The maximum Gasteiger partial charge on any atom is 0.322 e. The van der Waals surface area contributed by atoms with Crippen LogP contribution in [-0.2, 0) is 19.6 Å². The number of ether oxygens (including phenoxy) is 1. The van der Waals surface area contributed by atoms with Crippen molar-refractivity contribution in [1.29, 1.82) is 0 Å². The molecule has 0 radical (unpaired) electrons. The van der Waals surface area contributed by atoms with E-state index in [4.69, 9.17) is 9.84 Å². The summed E-state index contributed by atoms with van der Waals surface area (Å²) < 4.78 is 30.4. The molecule has 0 aliphatic carbocycles. The lowest BCUT2D eigenvalue weighted by Gasteiger charge is -2.19. The van der Waals surface area contributed by atoms with Crippen LogP contribution in [0.3, 0.4) is 0 Å². The first-order chi connectivity index (χ1) is 8.46. The molecule has 2 rings (SSSR count). The van der Waals surface area contributed by atoms with Crippen LogP contribution in [0, 0.1) is 0 Å². The maximum atomic E-state index is 12.2. The van der Waals surface area contributed by atoms with Gasteiger partial charge in [0.25, 0.3) is 10.0 Å². The molecule has 100 valence electrons. The van der Waals surface area contributed by atoms with Crippen molar-refractivity contribution in [3.8, 4) is 0 Å². The summed E-state index contributed by atoms with van der Waals surface area (Å²) in [6.45, 7) is 0.0226. The van der Waals surface area contributed by atoms with Gasteiger partial charge in [-0.3, -0.25) is 9.89 Å². The lowest BCUT2D eigenvalue weighted by molar-refractivity contribution is -0.140. The van der Waals surface area contributed by atoms with Gasteiger partial charge in [-0.15, -0.1) is 0 Å². The second-order valence-corrected chi connectivity index (χ2v) is 5.80. The van der Waals surface area contributed by atoms with Gasteiger partial charge in [-0.1, -0.05) is 0 Å². The molecule has 2 heterocycles. The minimum absolute atomic E-state index is 0.0226. The summed E-state index contributed by atoms with van der Waals surface area (Å²) in [5, 5.41) is 14.8. The van der Waals surface area contributed by atoms with E-state index in [-0.39, 0.29) is 18.0 Å². The van der Waals surface area contributed by atoms with E-state index in [9.17, 15) is 13.2 Å². The number of rotatable bonds is 4. The largest absolute Gasteiger partial charge is 0.480 e. The number of aromatic amines is 1. The molecule has 1 aliphatic rings. The quantitative estimate of drug-likeness (QED) is 0.749. The number of nitrogens with one attached hydrogen (secondary N) is 1. The van der Waals surface area contributed by atoms with Crippen molar-refractivity contribution >= 4 is 16.0 Å². The van der Waals surface area contributed by atoms with Crippen molar-refractivity contribution < 1.29 is 23.1 Å². The van der Waals surface area contributed by atoms with E-state index in [0.29, 0.717) is 0 Å². The van der Waals surface area contributed by atoms with Gasteiger partial charge in [0.15, 0.2) is 5.03 Å². The summed E-state index contributed by atoms with van der Waals surface area (Å²) in [5.41, 5.74) is 0. The Hall–Kier alpha value is -1.45. The smallest absolute Gasteiger partial charge is 0.322 e. The Labute approximate surface area is 104 Å². The Morgan fingerprint density at radius 3 is 2.89 bits per heavy atom. The Morgan fingerprint density at radius 2 is 2.39 bits per heavy atom. The highest BCUT2D eigenvalue weighted by Crippen LogP contribution is 2.26. The molecule has 2 unspecified atom stereocenters. The number of aliphatic carboxylic acids is 1. The number of hydrogen-bond acceptors (Lipinski definition) is 5. The first-order valence-electron chi connectivity index (χ1n) is 5.23. The van der Waals surface area contributed by atoms with Crippen molar-refractivity contribution in [3.05, 3.63) is 12.3 Å². The molecule has 1 aromatic heterocycles. The van der Waals surface area contributed by atoms with Gasteiger partial charge in [0, 0.05) is 20.1 Å². The topological polar surface area (TPSA) is 113 Å². The SMILES string of the molecule is COC1CC(C(=O)O)N(S(=O)(=O)c2ccn[nH]2)C1. The van der Waals surface area contributed by atoms with Gasteiger partial charge >= 0.3 is 5.97 Å². The van der Waals surface area contributed by atoms with Crippen LogP contribution in [0.2, 0.25) is 0 Å². The number of carboxylic acids is 1. The molecule has 1 aliphatic heterocycles. The lowest BCUT2D eigenvalue weighted by atomic mass is 10.2. The predicted octanol–water partition coefficient (Wildman–Crippen LogP) is -0.728. The molecule has 0 amide bonds. The highest BCUT2D eigenvalue weighted by molar-refractivity contribution is 7.89. The molecular weight excluding hydrogens is 262 g/mol. The summed E-state index contributed by atoms with van der Waals surface area (Å²) in [5.74, 6) is -1.18. The number of carboxylic acid groups (broad SMARTS) is 1. The number of methoxy groups -OCH3 is 1. The zero-order valence-electron chi connectivity index (χ0n) is 9.61. The zero-order chi connectivity index (χ0) is 13.3. The van der Waals surface area contributed by atoms with E-state index in [0.717, 1.165) is 4.31 Å². The minimum atomic E-state index is -3.88. The van der Waals surface area contributed by atoms with Crippen molar-refractivity contribution in [1.82, 2.24) is 14.5 Å². The van der Waals surface area contributed by atoms with Crippen LogP contribution in [0.5, 0.6) is 0 Å². The molecule has 1 fully saturated rings. The van der Waals surface area contributed by atoms with Gasteiger partial charge < -0.3 is 9.84 Å². The molecule has 2 atom stereocenters. The molecule has 1 saturated heterocycles. The Balaban J connectivity index is 2.34. The number of hydrogen-bond donors (Lipinski definition) is 2. The molecule has 9 heteroatoms. The molecule has 0 bridgehead atoms. The number of carbonyl (C=O) groups is 1. The van der Waals surface area contributed by atoms with Gasteiger partial charge in [0.05, 0.1) is 12.3 Å². The van der Waals surface area contributed by atoms with E-state index >= 15 is 0 Å². The van der Waals surface area contributed by atoms with Crippen LogP contribution in [0.1, 0.15) is 6.42 Å². The van der Waals surface area contributed by atoms with E-state index in [1.54, 1.807) is 0 Å². The number of nitrogens with zero attached hydrogens (tertiary/aromatic N) is 2. The average molecular weight is 275 g/mol. The third-order valence-electron chi connectivity index (χ3n) is 2.90.